The van der Waals surface area contributed by atoms with Crippen molar-refractivity contribution in [2.45, 2.75) is 9.79 Å². The van der Waals surface area contributed by atoms with Gasteiger partial charge in [-0.25, -0.2) is 21.1 Å². The van der Waals surface area contributed by atoms with E-state index in [0.717, 1.165) is 8.61 Å². The van der Waals surface area contributed by atoms with Crippen LogP contribution in [-0.4, -0.2) is 54.8 Å². The molecule has 0 spiro atoms. The van der Waals surface area contributed by atoms with Crippen molar-refractivity contribution in [1.29, 1.82) is 0 Å². The minimum Gasteiger partial charge on any atom is -0.495 e. The first-order valence-corrected chi connectivity index (χ1v) is 14.1. The van der Waals surface area contributed by atoms with Gasteiger partial charge in [0.1, 0.15) is 10.6 Å². The fraction of sp³-hybridized carbons (Fsp3) is 0.160. The van der Waals surface area contributed by atoms with Gasteiger partial charge in [0, 0.05) is 25.3 Å². The van der Waals surface area contributed by atoms with Gasteiger partial charge in [-0.15, -0.1) is 6.58 Å². The van der Waals surface area contributed by atoms with E-state index in [-0.39, 0.29) is 32.6 Å². The molecular weight excluding hydrogens is 538 g/mol. The van der Waals surface area contributed by atoms with E-state index in [4.69, 9.17) is 16.3 Å². The van der Waals surface area contributed by atoms with Crippen molar-refractivity contribution in [1.82, 2.24) is 4.31 Å². The molecule has 0 heterocycles. The number of para-hydroxylation sites is 2. The SMILES string of the molecule is C=CCN(c1ccccc1OC)S(=O)(=O)c1cccc(C(=O)Nc2ccc(Cl)c(S(=O)(=O)N(C)C)c2)c1. The number of sulfonamides is 2. The van der Waals surface area contributed by atoms with E-state index in [1.165, 1.54) is 69.7 Å². The van der Waals surface area contributed by atoms with Crippen molar-refractivity contribution >= 4 is 48.9 Å². The average Bonchev–Trinajstić information content (AvgIpc) is 2.88. The number of hydrogen-bond donors (Lipinski definition) is 1. The van der Waals surface area contributed by atoms with E-state index < -0.39 is 26.0 Å². The molecule has 37 heavy (non-hydrogen) atoms. The second-order valence-corrected chi connectivity index (χ2v) is 12.3. The number of carbonyl (C=O) groups is 1. The molecular formula is C25H26ClN3O6S2. The Morgan fingerprint density at radius 2 is 1.70 bits per heavy atom. The Morgan fingerprint density at radius 1 is 1.00 bits per heavy atom. The molecule has 0 radical (unpaired) electrons. The van der Waals surface area contributed by atoms with Crippen molar-refractivity contribution in [3.8, 4) is 5.75 Å². The van der Waals surface area contributed by atoms with Gasteiger partial charge in [-0.05, 0) is 48.5 Å². The van der Waals surface area contributed by atoms with Gasteiger partial charge in [0.15, 0.2) is 0 Å². The predicted molar refractivity (Wildman–Crippen MR) is 144 cm³/mol. The highest BCUT2D eigenvalue weighted by molar-refractivity contribution is 7.92. The lowest BCUT2D eigenvalue weighted by Gasteiger charge is -2.25. The molecule has 0 bridgehead atoms. The molecule has 0 aliphatic carbocycles. The van der Waals surface area contributed by atoms with Gasteiger partial charge in [-0.3, -0.25) is 9.10 Å². The number of amides is 1. The second-order valence-electron chi connectivity index (χ2n) is 7.91. The number of rotatable bonds is 10. The highest BCUT2D eigenvalue weighted by Gasteiger charge is 2.27. The Kier molecular flexibility index (Phi) is 8.64. The maximum absolute atomic E-state index is 13.6. The number of carbonyl (C=O) groups excluding carboxylic acids is 1. The monoisotopic (exact) mass is 563 g/mol. The number of methoxy groups -OCH3 is 1. The van der Waals surface area contributed by atoms with Crippen LogP contribution < -0.4 is 14.4 Å². The summed E-state index contributed by atoms with van der Waals surface area (Å²) in [6, 6.07) is 16.2. The molecule has 0 aliphatic rings. The zero-order valence-electron chi connectivity index (χ0n) is 20.4. The number of nitrogens with one attached hydrogen (secondary N) is 1. The molecule has 12 heteroatoms. The maximum Gasteiger partial charge on any atom is 0.264 e. The quantitative estimate of drug-likeness (QED) is 0.369. The van der Waals surface area contributed by atoms with Gasteiger partial charge < -0.3 is 10.1 Å². The smallest absolute Gasteiger partial charge is 0.264 e. The number of benzene rings is 3. The zero-order chi connectivity index (χ0) is 27.4. The largest absolute Gasteiger partial charge is 0.495 e. The molecule has 196 valence electrons. The van der Waals surface area contributed by atoms with Crippen molar-refractivity contribution < 1.29 is 26.4 Å². The highest BCUT2D eigenvalue weighted by atomic mass is 35.5. The van der Waals surface area contributed by atoms with Crippen LogP contribution in [0.2, 0.25) is 5.02 Å². The van der Waals surface area contributed by atoms with Gasteiger partial charge in [0.2, 0.25) is 10.0 Å². The van der Waals surface area contributed by atoms with Gasteiger partial charge in [0.05, 0.1) is 29.3 Å². The summed E-state index contributed by atoms with van der Waals surface area (Å²) < 4.78 is 59.7. The van der Waals surface area contributed by atoms with E-state index >= 15 is 0 Å². The molecule has 0 aromatic heterocycles. The molecule has 3 rings (SSSR count). The molecule has 0 atom stereocenters. The first kappa shape index (κ1) is 28.2. The molecule has 9 nitrogen and oxygen atoms in total. The summed E-state index contributed by atoms with van der Waals surface area (Å²) in [6.07, 6.45) is 1.44. The van der Waals surface area contributed by atoms with Gasteiger partial charge in [-0.1, -0.05) is 35.9 Å². The Labute approximate surface area is 222 Å². The van der Waals surface area contributed by atoms with E-state index in [0.29, 0.717) is 11.4 Å². The summed E-state index contributed by atoms with van der Waals surface area (Å²) in [5, 5.41) is 2.59. The number of halogens is 1. The Balaban J connectivity index is 1.96. The van der Waals surface area contributed by atoms with Gasteiger partial charge in [0.25, 0.3) is 15.9 Å². The van der Waals surface area contributed by atoms with Gasteiger partial charge >= 0.3 is 0 Å². The summed E-state index contributed by atoms with van der Waals surface area (Å²) in [5.74, 6) is -0.284. The molecule has 1 amide bonds. The van der Waals surface area contributed by atoms with Crippen molar-refractivity contribution in [3.63, 3.8) is 0 Å². The number of anilines is 2. The normalized spacial score (nSPS) is 11.7. The number of ether oxygens (including phenoxy) is 1. The minimum atomic E-state index is -4.12. The van der Waals surface area contributed by atoms with Crippen LogP contribution in [-0.2, 0) is 20.0 Å². The van der Waals surface area contributed by atoms with E-state index in [9.17, 15) is 21.6 Å². The maximum atomic E-state index is 13.6. The Hall–Kier alpha value is -3.38. The third-order valence-electron chi connectivity index (χ3n) is 5.28. The average molecular weight is 564 g/mol. The third kappa shape index (κ3) is 5.96. The van der Waals surface area contributed by atoms with Crippen LogP contribution in [0.3, 0.4) is 0 Å². The molecule has 0 aliphatic heterocycles. The van der Waals surface area contributed by atoms with Crippen LogP contribution in [0.1, 0.15) is 10.4 Å². The number of nitrogens with zero attached hydrogens (tertiary/aromatic N) is 2. The minimum absolute atomic E-state index is 0.00144. The Bertz CT molecular complexity index is 1540. The van der Waals surface area contributed by atoms with Gasteiger partial charge in [-0.2, -0.15) is 0 Å². The van der Waals surface area contributed by atoms with Crippen LogP contribution in [0, 0.1) is 0 Å². The Morgan fingerprint density at radius 3 is 2.35 bits per heavy atom. The molecule has 3 aromatic rings. The molecule has 1 N–H and O–H groups in total. The first-order chi connectivity index (χ1) is 17.4. The summed E-state index contributed by atoms with van der Waals surface area (Å²) in [7, 11) is -3.81. The zero-order valence-corrected chi connectivity index (χ0v) is 22.8. The highest BCUT2D eigenvalue weighted by Crippen LogP contribution is 2.32. The summed E-state index contributed by atoms with van der Waals surface area (Å²) >= 11 is 6.07. The number of hydrogen-bond acceptors (Lipinski definition) is 6. The van der Waals surface area contributed by atoms with Crippen LogP contribution in [0.4, 0.5) is 11.4 Å². The van der Waals surface area contributed by atoms with Crippen LogP contribution >= 0.6 is 11.6 Å². The predicted octanol–water partition coefficient (Wildman–Crippen LogP) is 4.23. The lowest BCUT2D eigenvalue weighted by molar-refractivity contribution is 0.102. The second kappa shape index (κ2) is 11.3. The van der Waals surface area contributed by atoms with E-state index in [1.807, 2.05) is 0 Å². The third-order valence-corrected chi connectivity index (χ3v) is 9.35. The summed E-state index contributed by atoms with van der Waals surface area (Å²) in [5.41, 5.74) is 0.535. The fourth-order valence-corrected chi connectivity index (χ4v) is 6.27. The topological polar surface area (TPSA) is 113 Å². The summed E-state index contributed by atoms with van der Waals surface area (Å²) in [4.78, 5) is 12.7. The van der Waals surface area contributed by atoms with Crippen LogP contribution in [0.15, 0.2) is 89.2 Å². The molecule has 0 saturated carbocycles. The molecule has 0 unspecified atom stereocenters. The van der Waals surface area contributed by atoms with Crippen molar-refractivity contribution in [2.75, 3.05) is 37.4 Å². The summed E-state index contributed by atoms with van der Waals surface area (Å²) in [6.45, 7) is 3.62. The van der Waals surface area contributed by atoms with Crippen LogP contribution in [0.25, 0.3) is 0 Å². The lowest BCUT2D eigenvalue weighted by atomic mass is 10.2. The molecule has 0 saturated heterocycles. The molecule has 3 aromatic carbocycles. The lowest BCUT2D eigenvalue weighted by Crippen LogP contribution is -2.31. The first-order valence-electron chi connectivity index (χ1n) is 10.8. The molecule has 0 fully saturated rings. The van der Waals surface area contributed by atoms with Crippen molar-refractivity contribution in [3.05, 3.63) is 90.0 Å². The standard InChI is InChI=1S/C25H26ClN3O6S2/c1-5-15-29(22-11-6-7-12-23(22)35-4)36(31,32)20-10-8-9-18(16-20)25(30)27-19-13-14-21(26)24(17-19)37(33,34)28(2)3/h5-14,16-17H,1,15H2,2-4H3,(H,27,30). The van der Waals surface area contributed by atoms with Crippen molar-refractivity contribution in [2.24, 2.45) is 0 Å². The fourth-order valence-electron chi connectivity index (χ4n) is 3.38. The van der Waals surface area contributed by atoms with E-state index in [1.54, 1.807) is 24.3 Å². The van der Waals surface area contributed by atoms with E-state index in [2.05, 4.69) is 11.9 Å². The van der Waals surface area contributed by atoms with Crippen LogP contribution in [0.5, 0.6) is 5.75 Å².